The molecule has 0 N–H and O–H groups in total. The molecule has 2 unspecified atom stereocenters. The van der Waals surface area contributed by atoms with E-state index in [4.69, 9.17) is 0 Å². The van der Waals surface area contributed by atoms with Gasteiger partial charge in [-0.1, -0.05) is 0 Å². The molecule has 100 valence electrons. The molecule has 2 aliphatic rings. The van der Waals surface area contributed by atoms with E-state index in [-0.39, 0.29) is 0 Å². The van der Waals surface area contributed by atoms with Crippen molar-refractivity contribution in [3.05, 3.63) is 22.4 Å². The fraction of sp³-hybridized carbons (Fsp3) is 0.733. The molecule has 2 aliphatic heterocycles. The van der Waals surface area contributed by atoms with Crippen LogP contribution in [0.3, 0.4) is 0 Å². The fourth-order valence-corrected chi connectivity index (χ4v) is 4.20. The van der Waals surface area contributed by atoms with Crippen LogP contribution in [0, 0.1) is 0 Å². The Morgan fingerprint density at radius 2 is 2.22 bits per heavy atom. The van der Waals surface area contributed by atoms with Gasteiger partial charge in [0.15, 0.2) is 0 Å². The zero-order chi connectivity index (χ0) is 12.4. The van der Waals surface area contributed by atoms with Gasteiger partial charge in [0.2, 0.25) is 0 Å². The quantitative estimate of drug-likeness (QED) is 0.828. The second kappa shape index (κ2) is 5.72. The molecule has 3 heteroatoms. The van der Waals surface area contributed by atoms with E-state index in [2.05, 4.69) is 33.6 Å². The molecule has 2 saturated heterocycles. The van der Waals surface area contributed by atoms with E-state index in [9.17, 15) is 0 Å². The van der Waals surface area contributed by atoms with Crippen LogP contribution in [0.15, 0.2) is 16.8 Å². The third-order valence-corrected chi connectivity index (χ3v) is 5.30. The van der Waals surface area contributed by atoms with E-state index in [1.54, 1.807) is 0 Å². The summed E-state index contributed by atoms with van der Waals surface area (Å²) in [4.78, 5) is 5.45. The Morgan fingerprint density at radius 1 is 1.33 bits per heavy atom. The molecular formula is C15H24N2S. The van der Waals surface area contributed by atoms with Crippen LogP contribution in [-0.4, -0.2) is 48.1 Å². The Labute approximate surface area is 115 Å². The molecule has 0 spiro atoms. The van der Waals surface area contributed by atoms with Crippen molar-refractivity contribution in [2.75, 3.05) is 26.2 Å². The van der Waals surface area contributed by atoms with Crippen LogP contribution in [0.1, 0.15) is 31.7 Å². The summed E-state index contributed by atoms with van der Waals surface area (Å²) < 4.78 is 0. The minimum atomic E-state index is 0.695. The minimum Gasteiger partial charge on any atom is -0.299 e. The number of hydrogen-bond donors (Lipinski definition) is 0. The molecular weight excluding hydrogens is 240 g/mol. The SMILES string of the molecule is CC(Cc1ccsc1)N1CCCN2CCCC2C1. The van der Waals surface area contributed by atoms with E-state index in [0.717, 1.165) is 6.04 Å². The van der Waals surface area contributed by atoms with Gasteiger partial charge in [0.1, 0.15) is 0 Å². The predicted molar refractivity (Wildman–Crippen MR) is 78.3 cm³/mol. The minimum absolute atomic E-state index is 0.695. The van der Waals surface area contributed by atoms with Crippen LogP contribution in [-0.2, 0) is 6.42 Å². The largest absolute Gasteiger partial charge is 0.299 e. The lowest BCUT2D eigenvalue weighted by molar-refractivity contribution is 0.181. The normalized spacial score (nSPS) is 27.9. The van der Waals surface area contributed by atoms with Crippen LogP contribution in [0.4, 0.5) is 0 Å². The van der Waals surface area contributed by atoms with Crippen LogP contribution < -0.4 is 0 Å². The monoisotopic (exact) mass is 264 g/mol. The number of fused-ring (bicyclic) bond motifs is 1. The molecule has 0 radical (unpaired) electrons. The Hall–Kier alpha value is -0.380. The highest BCUT2D eigenvalue weighted by Gasteiger charge is 2.30. The first-order chi connectivity index (χ1) is 8.83. The maximum Gasteiger partial charge on any atom is 0.0223 e. The number of thiophene rings is 1. The van der Waals surface area contributed by atoms with Crippen LogP contribution >= 0.6 is 11.3 Å². The van der Waals surface area contributed by atoms with Crippen molar-refractivity contribution < 1.29 is 0 Å². The zero-order valence-electron chi connectivity index (χ0n) is 11.3. The second-order valence-corrected chi connectivity index (χ2v) is 6.65. The van der Waals surface area contributed by atoms with Gasteiger partial charge in [-0.3, -0.25) is 9.80 Å². The molecule has 0 saturated carbocycles. The van der Waals surface area contributed by atoms with Gasteiger partial charge in [-0.15, -0.1) is 0 Å². The fourth-order valence-electron chi connectivity index (χ4n) is 3.51. The van der Waals surface area contributed by atoms with Gasteiger partial charge < -0.3 is 0 Å². The summed E-state index contributed by atoms with van der Waals surface area (Å²) in [7, 11) is 0. The molecule has 3 heterocycles. The zero-order valence-corrected chi connectivity index (χ0v) is 12.2. The van der Waals surface area contributed by atoms with Crippen LogP contribution in [0.2, 0.25) is 0 Å². The number of rotatable bonds is 3. The Kier molecular flexibility index (Phi) is 4.02. The van der Waals surface area contributed by atoms with Crippen molar-refractivity contribution in [3.63, 3.8) is 0 Å². The van der Waals surface area contributed by atoms with Crippen molar-refractivity contribution in [3.8, 4) is 0 Å². The maximum absolute atomic E-state index is 2.73. The van der Waals surface area contributed by atoms with Crippen molar-refractivity contribution in [2.45, 2.75) is 44.7 Å². The van der Waals surface area contributed by atoms with E-state index >= 15 is 0 Å². The molecule has 3 rings (SSSR count). The molecule has 2 fully saturated rings. The molecule has 0 amide bonds. The molecule has 1 aromatic rings. The first-order valence-electron chi connectivity index (χ1n) is 7.32. The summed E-state index contributed by atoms with van der Waals surface area (Å²) in [6.07, 6.45) is 5.40. The molecule has 1 aromatic heterocycles. The maximum atomic E-state index is 2.73. The predicted octanol–water partition coefficient (Wildman–Crippen LogP) is 2.85. The van der Waals surface area contributed by atoms with E-state index in [1.165, 1.54) is 57.4 Å². The smallest absolute Gasteiger partial charge is 0.0223 e. The number of nitrogens with zero attached hydrogens (tertiary/aromatic N) is 2. The van der Waals surface area contributed by atoms with Gasteiger partial charge in [0.05, 0.1) is 0 Å². The third kappa shape index (κ3) is 2.79. The molecule has 2 nitrogen and oxygen atoms in total. The van der Waals surface area contributed by atoms with E-state index in [0.29, 0.717) is 6.04 Å². The standard InChI is InChI=1S/C15H24N2S/c1-13(10-14-5-9-18-12-14)17-8-3-7-16-6-2-4-15(16)11-17/h5,9,12-13,15H,2-4,6-8,10-11H2,1H3. The lowest BCUT2D eigenvalue weighted by Crippen LogP contribution is -2.41. The van der Waals surface area contributed by atoms with Gasteiger partial charge in [-0.25, -0.2) is 0 Å². The molecule has 2 atom stereocenters. The van der Waals surface area contributed by atoms with E-state index < -0.39 is 0 Å². The van der Waals surface area contributed by atoms with Crippen molar-refractivity contribution in [2.24, 2.45) is 0 Å². The summed E-state index contributed by atoms with van der Waals surface area (Å²) >= 11 is 1.82. The Balaban J connectivity index is 1.60. The van der Waals surface area contributed by atoms with Crippen LogP contribution in [0.5, 0.6) is 0 Å². The van der Waals surface area contributed by atoms with Crippen LogP contribution in [0.25, 0.3) is 0 Å². The summed E-state index contributed by atoms with van der Waals surface area (Å²) in [5.74, 6) is 0. The van der Waals surface area contributed by atoms with Crippen molar-refractivity contribution >= 4 is 11.3 Å². The molecule has 0 aliphatic carbocycles. The number of hydrogen-bond acceptors (Lipinski definition) is 3. The lowest BCUT2D eigenvalue weighted by atomic mass is 10.1. The summed E-state index contributed by atoms with van der Waals surface area (Å²) in [6, 6.07) is 3.82. The second-order valence-electron chi connectivity index (χ2n) is 5.87. The topological polar surface area (TPSA) is 6.48 Å². The summed E-state index contributed by atoms with van der Waals surface area (Å²) in [5.41, 5.74) is 1.51. The van der Waals surface area contributed by atoms with Gasteiger partial charge in [-0.05, 0) is 74.6 Å². The Morgan fingerprint density at radius 3 is 3.06 bits per heavy atom. The van der Waals surface area contributed by atoms with Gasteiger partial charge in [0.25, 0.3) is 0 Å². The highest BCUT2D eigenvalue weighted by atomic mass is 32.1. The van der Waals surface area contributed by atoms with Gasteiger partial charge >= 0.3 is 0 Å². The summed E-state index contributed by atoms with van der Waals surface area (Å²) in [6.45, 7) is 7.66. The average Bonchev–Trinajstić information content (AvgIpc) is 2.97. The molecule has 0 aromatic carbocycles. The van der Waals surface area contributed by atoms with Gasteiger partial charge in [-0.2, -0.15) is 11.3 Å². The van der Waals surface area contributed by atoms with Gasteiger partial charge in [0, 0.05) is 18.6 Å². The highest BCUT2D eigenvalue weighted by Crippen LogP contribution is 2.23. The molecule has 0 bridgehead atoms. The first kappa shape index (κ1) is 12.6. The average molecular weight is 264 g/mol. The Bertz CT molecular complexity index is 363. The van der Waals surface area contributed by atoms with Crippen molar-refractivity contribution in [1.29, 1.82) is 0 Å². The van der Waals surface area contributed by atoms with E-state index in [1.807, 2.05) is 11.3 Å². The molecule has 18 heavy (non-hydrogen) atoms. The highest BCUT2D eigenvalue weighted by molar-refractivity contribution is 7.07. The lowest BCUT2D eigenvalue weighted by Gasteiger charge is -2.30. The first-order valence-corrected chi connectivity index (χ1v) is 8.26. The summed E-state index contributed by atoms with van der Waals surface area (Å²) in [5, 5.41) is 4.50. The third-order valence-electron chi connectivity index (χ3n) is 4.57. The van der Waals surface area contributed by atoms with Crippen molar-refractivity contribution in [1.82, 2.24) is 9.80 Å².